The van der Waals surface area contributed by atoms with E-state index < -0.39 is 0 Å². The number of aromatic nitrogens is 2. The van der Waals surface area contributed by atoms with Gasteiger partial charge < -0.3 is 0 Å². The van der Waals surface area contributed by atoms with Crippen LogP contribution in [0.3, 0.4) is 0 Å². The molecule has 0 atom stereocenters. The second-order valence-corrected chi connectivity index (χ2v) is 2.36. The standard InChI is InChI=1S/C9H5N3/c10-5-7-6-11-8-3-1-2-4-9(8)12-7/h1-4,6H. The molecule has 56 valence electrons. The van der Waals surface area contributed by atoms with Gasteiger partial charge in [0, 0.05) is 0 Å². The molecule has 2 rings (SSSR count). The van der Waals surface area contributed by atoms with Gasteiger partial charge in [-0.2, -0.15) is 5.26 Å². The summed E-state index contributed by atoms with van der Waals surface area (Å²) < 4.78 is 0. The quantitative estimate of drug-likeness (QED) is 0.579. The Balaban J connectivity index is 2.78. The van der Waals surface area contributed by atoms with Crippen molar-refractivity contribution in [3.8, 4) is 6.07 Å². The smallest absolute Gasteiger partial charge is 0.159 e. The molecule has 0 amide bonds. The SMILES string of the molecule is N#Cc1cnc2ccccc2n1. The van der Waals surface area contributed by atoms with E-state index in [1.807, 2.05) is 30.3 Å². The van der Waals surface area contributed by atoms with Crippen LogP contribution in [0.2, 0.25) is 0 Å². The molecule has 2 aromatic rings. The summed E-state index contributed by atoms with van der Waals surface area (Å²) in [5.41, 5.74) is 1.93. The van der Waals surface area contributed by atoms with E-state index in [0.717, 1.165) is 11.0 Å². The number of nitrogens with zero attached hydrogens (tertiary/aromatic N) is 3. The first-order valence-electron chi connectivity index (χ1n) is 3.52. The number of para-hydroxylation sites is 2. The number of benzene rings is 1. The van der Waals surface area contributed by atoms with Crippen LogP contribution in [0.4, 0.5) is 0 Å². The molecule has 0 N–H and O–H groups in total. The monoisotopic (exact) mass is 155 g/mol. The maximum Gasteiger partial charge on any atom is 0.159 e. The first-order valence-corrected chi connectivity index (χ1v) is 3.52. The van der Waals surface area contributed by atoms with Crippen LogP contribution in [-0.4, -0.2) is 9.97 Å². The van der Waals surface area contributed by atoms with Crippen molar-refractivity contribution in [1.29, 1.82) is 5.26 Å². The highest BCUT2D eigenvalue weighted by molar-refractivity contribution is 5.73. The lowest BCUT2D eigenvalue weighted by Crippen LogP contribution is -1.86. The number of fused-ring (bicyclic) bond motifs is 1. The zero-order chi connectivity index (χ0) is 8.39. The van der Waals surface area contributed by atoms with Gasteiger partial charge in [0.1, 0.15) is 6.07 Å². The second kappa shape index (κ2) is 2.59. The maximum absolute atomic E-state index is 8.54. The van der Waals surface area contributed by atoms with Gasteiger partial charge in [-0.25, -0.2) is 4.98 Å². The van der Waals surface area contributed by atoms with Gasteiger partial charge in [0.25, 0.3) is 0 Å². The van der Waals surface area contributed by atoms with Gasteiger partial charge in [-0.05, 0) is 12.1 Å². The summed E-state index contributed by atoms with van der Waals surface area (Å²) in [4.78, 5) is 8.14. The predicted octanol–water partition coefficient (Wildman–Crippen LogP) is 1.50. The molecule has 3 heteroatoms. The average molecular weight is 155 g/mol. The minimum Gasteiger partial charge on any atom is -0.252 e. The highest BCUT2D eigenvalue weighted by Crippen LogP contribution is 2.07. The average Bonchev–Trinajstić information content (AvgIpc) is 2.17. The molecular formula is C9H5N3. The number of hydrogen-bond acceptors (Lipinski definition) is 3. The molecular weight excluding hydrogens is 150 g/mol. The van der Waals surface area contributed by atoms with Gasteiger partial charge in [-0.1, -0.05) is 12.1 Å². The highest BCUT2D eigenvalue weighted by atomic mass is 14.8. The molecule has 0 aliphatic heterocycles. The molecule has 0 aliphatic carbocycles. The third-order valence-corrected chi connectivity index (χ3v) is 1.56. The molecule has 0 saturated carbocycles. The minimum atomic E-state index is 0.355. The fourth-order valence-electron chi connectivity index (χ4n) is 1.01. The topological polar surface area (TPSA) is 49.6 Å². The summed E-state index contributed by atoms with van der Waals surface area (Å²) in [6.45, 7) is 0. The van der Waals surface area contributed by atoms with Crippen LogP contribution < -0.4 is 0 Å². The molecule has 0 bridgehead atoms. The van der Waals surface area contributed by atoms with Gasteiger partial charge >= 0.3 is 0 Å². The van der Waals surface area contributed by atoms with Crippen molar-refractivity contribution in [2.24, 2.45) is 0 Å². The lowest BCUT2D eigenvalue weighted by molar-refractivity contribution is 1.24. The van der Waals surface area contributed by atoms with E-state index in [2.05, 4.69) is 9.97 Å². The van der Waals surface area contributed by atoms with Gasteiger partial charge in [0.05, 0.1) is 17.2 Å². The zero-order valence-corrected chi connectivity index (χ0v) is 6.23. The Morgan fingerprint density at radius 3 is 2.67 bits per heavy atom. The largest absolute Gasteiger partial charge is 0.252 e. The first-order chi connectivity index (χ1) is 5.90. The number of nitriles is 1. The summed E-state index contributed by atoms with van der Waals surface area (Å²) >= 11 is 0. The summed E-state index contributed by atoms with van der Waals surface area (Å²) in [7, 11) is 0. The minimum absolute atomic E-state index is 0.355. The molecule has 1 aromatic heterocycles. The third-order valence-electron chi connectivity index (χ3n) is 1.56. The highest BCUT2D eigenvalue weighted by Gasteiger charge is 1.95. The third kappa shape index (κ3) is 0.995. The fraction of sp³-hybridized carbons (Fsp3) is 0. The van der Waals surface area contributed by atoms with E-state index in [0.29, 0.717) is 5.69 Å². The van der Waals surface area contributed by atoms with Crippen LogP contribution in [0, 0.1) is 11.3 Å². The summed E-state index contributed by atoms with van der Waals surface area (Å²) in [5, 5.41) is 8.54. The lowest BCUT2D eigenvalue weighted by atomic mass is 10.3. The zero-order valence-electron chi connectivity index (χ0n) is 6.23. The van der Waals surface area contributed by atoms with Gasteiger partial charge in [-0.15, -0.1) is 0 Å². The fourth-order valence-corrected chi connectivity index (χ4v) is 1.01. The van der Waals surface area contributed by atoms with Crippen molar-refractivity contribution in [3.05, 3.63) is 36.2 Å². The number of hydrogen-bond donors (Lipinski definition) is 0. The Labute approximate surface area is 69.3 Å². The summed E-state index contributed by atoms with van der Waals surface area (Å²) in [6, 6.07) is 9.41. The summed E-state index contributed by atoms with van der Waals surface area (Å²) in [5.74, 6) is 0. The van der Waals surface area contributed by atoms with Gasteiger partial charge in [0.15, 0.2) is 5.69 Å². The van der Waals surface area contributed by atoms with Gasteiger partial charge in [0.2, 0.25) is 0 Å². The molecule has 1 aromatic carbocycles. The van der Waals surface area contributed by atoms with Crippen LogP contribution in [0.15, 0.2) is 30.5 Å². The molecule has 0 aliphatic rings. The number of rotatable bonds is 0. The van der Waals surface area contributed by atoms with E-state index in [-0.39, 0.29) is 0 Å². The van der Waals surface area contributed by atoms with Crippen molar-refractivity contribution < 1.29 is 0 Å². The van der Waals surface area contributed by atoms with Crippen molar-refractivity contribution in [1.82, 2.24) is 9.97 Å². The van der Waals surface area contributed by atoms with E-state index in [1.54, 1.807) is 0 Å². The molecule has 0 unspecified atom stereocenters. The lowest BCUT2D eigenvalue weighted by Gasteiger charge is -1.93. The molecule has 0 radical (unpaired) electrons. The first kappa shape index (κ1) is 6.74. The van der Waals surface area contributed by atoms with Crippen LogP contribution in [0.1, 0.15) is 5.69 Å². The van der Waals surface area contributed by atoms with E-state index in [9.17, 15) is 0 Å². The van der Waals surface area contributed by atoms with E-state index >= 15 is 0 Å². The Kier molecular flexibility index (Phi) is 1.45. The second-order valence-electron chi connectivity index (χ2n) is 2.36. The van der Waals surface area contributed by atoms with Crippen LogP contribution in [0.5, 0.6) is 0 Å². The van der Waals surface area contributed by atoms with Crippen molar-refractivity contribution >= 4 is 11.0 Å². The predicted molar refractivity (Wildman–Crippen MR) is 44.3 cm³/mol. The molecule has 0 fully saturated rings. The Morgan fingerprint density at radius 1 is 1.17 bits per heavy atom. The molecule has 0 spiro atoms. The normalized spacial score (nSPS) is 9.58. The Bertz CT molecular complexity index is 457. The molecule has 1 heterocycles. The maximum atomic E-state index is 8.54. The molecule has 12 heavy (non-hydrogen) atoms. The molecule has 0 saturated heterocycles. The Morgan fingerprint density at radius 2 is 1.92 bits per heavy atom. The molecule has 3 nitrogen and oxygen atoms in total. The van der Waals surface area contributed by atoms with E-state index in [1.165, 1.54) is 6.20 Å². The van der Waals surface area contributed by atoms with Crippen LogP contribution in [-0.2, 0) is 0 Å². The van der Waals surface area contributed by atoms with E-state index in [4.69, 9.17) is 5.26 Å². The van der Waals surface area contributed by atoms with Crippen LogP contribution in [0.25, 0.3) is 11.0 Å². The van der Waals surface area contributed by atoms with Crippen molar-refractivity contribution in [3.63, 3.8) is 0 Å². The Hall–Kier alpha value is -1.95. The van der Waals surface area contributed by atoms with Crippen molar-refractivity contribution in [2.75, 3.05) is 0 Å². The summed E-state index contributed by atoms with van der Waals surface area (Å²) in [6.07, 6.45) is 1.47. The van der Waals surface area contributed by atoms with Gasteiger partial charge in [-0.3, -0.25) is 4.98 Å². The van der Waals surface area contributed by atoms with Crippen molar-refractivity contribution in [2.45, 2.75) is 0 Å². The van der Waals surface area contributed by atoms with Crippen LogP contribution >= 0.6 is 0 Å².